The van der Waals surface area contributed by atoms with E-state index in [0.29, 0.717) is 0 Å². The van der Waals surface area contributed by atoms with Gasteiger partial charge < -0.3 is 10.6 Å². The molecule has 2 aromatic carbocycles. The van der Waals surface area contributed by atoms with Gasteiger partial charge in [-0.15, -0.1) is 0 Å². The van der Waals surface area contributed by atoms with E-state index in [1.54, 1.807) is 0 Å². The van der Waals surface area contributed by atoms with Crippen molar-refractivity contribution in [3.63, 3.8) is 0 Å². The predicted octanol–water partition coefficient (Wildman–Crippen LogP) is 4.63. The topological polar surface area (TPSA) is 54.0 Å². The van der Waals surface area contributed by atoms with Crippen LogP contribution in [0.1, 0.15) is 10.4 Å². The first-order valence-electron chi connectivity index (χ1n) is 7.37. The van der Waals surface area contributed by atoms with E-state index in [2.05, 4.69) is 15.6 Å². The maximum absolute atomic E-state index is 13.6. The number of benzene rings is 2. The van der Waals surface area contributed by atoms with Crippen molar-refractivity contribution in [2.24, 2.45) is 0 Å². The average molecular weight is 361 g/mol. The molecule has 0 radical (unpaired) electrons. The van der Waals surface area contributed by atoms with E-state index in [1.165, 1.54) is 18.3 Å². The largest absolute Gasteiger partial charge is 0.338 e. The lowest BCUT2D eigenvalue weighted by atomic mass is 10.2. The number of carbonyl (C=O) groups is 1. The van der Waals surface area contributed by atoms with Gasteiger partial charge in [0.25, 0.3) is 5.91 Å². The molecule has 0 saturated heterocycles. The van der Waals surface area contributed by atoms with Crippen LogP contribution in [0.2, 0.25) is 0 Å². The molecule has 0 aliphatic carbocycles. The molecule has 0 bridgehead atoms. The zero-order valence-electron chi connectivity index (χ0n) is 13.1. The summed E-state index contributed by atoms with van der Waals surface area (Å²) < 4.78 is 53.9. The Labute approximate surface area is 145 Å². The summed E-state index contributed by atoms with van der Waals surface area (Å²) in [6.07, 6.45) is 1.20. The van der Waals surface area contributed by atoms with Crippen LogP contribution in [-0.2, 0) is 0 Å². The van der Waals surface area contributed by atoms with Gasteiger partial charge in [-0.25, -0.2) is 22.5 Å². The quantitative estimate of drug-likeness (QED) is 0.666. The van der Waals surface area contributed by atoms with Gasteiger partial charge in [0, 0.05) is 6.07 Å². The summed E-state index contributed by atoms with van der Waals surface area (Å²) in [7, 11) is 0. The number of nitrogens with zero attached hydrogens (tertiary/aromatic N) is 1. The van der Waals surface area contributed by atoms with Crippen LogP contribution in [0.15, 0.2) is 54.7 Å². The van der Waals surface area contributed by atoms with Crippen LogP contribution < -0.4 is 10.6 Å². The van der Waals surface area contributed by atoms with E-state index in [-0.39, 0.29) is 17.2 Å². The van der Waals surface area contributed by atoms with Crippen molar-refractivity contribution in [3.05, 3.63) is 83.6 Å². The molecule has 0 aliphatic rings. The van der Waals surface area contributed by atoms with Crippen molar-refractivity contribution in [1.29, 1.82) is 0 Å². The van der Waals surface area contributed by atoms with Crippen molar-refractivity contribution in [3.8, 4) is 0 Å². The Kier molecular flexibility index (Phi) is 4.83. The molecule has 0 atom stereocenters. The van der Waals surface area contributed by atoms with E-state index < -0.39 is 34.7 Å². The summed E-state index contributed by atoms with van der Waals surface area (Å²) in [6.45, 7) is 0. The molecule has 3 aromatic rings. The smallest absolute Gasteiger partial charge is 0.261 e. The van der Waals surface area contributed by atoms with Gasteiger partial charge >= 0.3 is 0 Å². The molecule has 2 N–H and O–H groups in total. The van der Waals surface area contributed by atoms with E-state index >= 15 is 0 Å². The highest BCUT2D eigenvalue weighted by Crippen LogP contribution is 2.21. The molecule has 0 unspecified atom stereocenters. The minimum absolute atomic E-state index is 0.109. The molecule has 0 spiro atoms. The van der Waals surface area contributed by atoms with E-state index in [1.807, 2.05) is 0 Å². The molecular formula is C18H11F4N3O. The monoisotopic (exact) mass is 361 g/mol. The maximum Gasteiger partial charge on any atom is 0.261 e. The molecule has 1 amide bonds. The van der Waals surface area contributed by atoms with Crippen molar-refractivity contribution < 1.29 is 22.4 Å². The Morgan fingerprint density at radius 1 is 0.885 bits per heavy atom. The molecule has 132 valence electrons. The Morgan fingerprint density at radius 3 is 2.27 bits per heavy atom. The summed E-state index contributed by atoms with van der Waals surface area (Å²) in [4.78, 5) is 15.9. The van der Waals surface area contributed by atoms with Crippen LogP contribution in [0.25, 0.3) is 0 Å². The number of hydrogen-bond acceptors (Lipinski definition) is 3. The number of halogens is 4. The maximum atomic E-state index is 13.6. The fraction of sp³-hybridized carbons (Fsp3) is 0. The van der Waals surface area contributed by atoms with Crippen LogP contribution in [0.5, 0.6) is 0 Å². The minimum atomic E-state index is -0.990. The van der Waals surface area contributed by atoms with Crippen molar-refractivity contribution in [2.45, 2.75) is 0 Å². The summed E-state index contributed by atoms with van der Waals surface area (Å²) in [5.74, 6) is -4.06. The van der Waals surface area contributed by atoms with Crippen molar-refractivity contribution >= 4 is 23.1 Å². The lowest BCUT2D eigenvalue weighted by Gasteiger charge is -2.09. The molecule has 26 heavy (non-hydrogen) atoms. The number of pyridine rings is 1. The predicted molar refractivity (Wildman–Crippen MR) is 88.2 cm³/mol. The molecular weight excluding hydrogens is 350 g/mol. The zero-order valence-corrected chi connectivity index (χ0v) is 13.1. The summed E-state index contributed by atoms with van der Waals surface area (Å²) >= 11 is 0. The van der Waals surface area contributed by atoms with Crippen LogP contribution >= 0.6 is 0 Å². The van der Waals surface area contributed by atoms with Gasteiger partial charge in [-0.05, 0) is 36.4 Å². The number of nitrogens with one attached hydrogen (secondary N) is 2. The number of hydrogen-bond donors (Lipinski definition) is 2. The minimum Gasteiger partial charge on any atom is -0.338 e. The highest BCUT2D eigenvalue weighted by molar-refractivity contribution is 6.04. The highest BCUT2D eigenvalue weighted by atomic mass is 19.1. The Morgan fingerprint density at radius 2 is 1.62 bits per heavy atom. The molecule has 3 rings (SSSR count). The van der Waals surface area contributed by atoms with Gasteiger partial charge in [0.05, 0.1) is 17.6 Å². The Bertz CT molecular complexity index is 941. The second-order valence-electron chi connectivity index (χ2n) is 5.23. The summed E-state index contributed by atoms with van der Waals surface area (Å²) in [5, 5.41) is 4.89. The summed E-state index contributed by atoms with van der Waals surface area (Å²) in [5.41, 5.74) is -0.651. The number of aromatic nitrogens is 1. The van der Waals surface area contributed by atoms with Gasteiger partial charge in [-0.1, -0.05) is 6.07 Å². The van der Waals surface area contributed by atoms with Crippen LogP contribution in [0, 0.1) is 23.3 Å². The molecule has 1 heterocycles. The molecule has 0 aliphatic heterocycles. The molecule has 0 fully saturated rings. The first kappa shape index (κ1) is 17.4. The van der Waals surface area contributed by atoms with E-state index in [0.717, 1.165) is 36.4 Å². The first-order chi connectivity index (χ1) is 12.4. The van der Waals surface area contributed by atoms with Gasteiger partial charge in [0.15, 0.2) is 0 Å². The fourth-order valence-corrected chi connectivity index (χ4v) is 2.18. The number of anilines is 3. The van der Waals surface area contributed by atoms with Crippen molar-refractivity contribution in [1.82, 2.24) is 4.98 Å². The molecule has 8 heteroatoms. The number of carbonyl (C=O) groups excluding carboxylic acids is 1. The standard InChI is InChI=1S/C18H11F4N3O/c19-10-4-6-12(20)15(8-10)25-16-7-5-11(9-23-16)24-18(26)17-13(21)2-1-3-14(17)22/h1-9H,(H,23,25)(H,24,26). The third-order valence-electron chi connectivity index (χ3n) is 3.40. The second-order valence-corrected chi connectivity index (χ2v) is 5.23. The van der Waals surface area contributed by atoms with Gasteiger partial charge in [0.2, 0.25) is 0 Å². The SMILES string of the molecule is O=C(Nc1ccc(Nc2cc(F)ccc2F)nc1)c1c(F)cccc1F. The molecule has 1 aromatic heterocycles. The molecule has 0 saturated carbocycles. The van der Waals surface area contributed by atoms with Crippen LogP contribution in [0.3, 0.4) is 0 Å². The number of rotatable bonds is 4. The molecule has 4 nitrogen and oxygen atoms in total. The van der Waals surface area contributed by atoms with Gasteiger partial charge in [-0.3, -0.25) is 4.79 Å². The van der Waals surface area contributed by atoms with Crippen molar-refractivity contribution in [2.75, 3.05) is 10.6 Å². The first-order valence-corrected chi connectivity index (χ1v) is 7.37. The van der Waals surface area contributed by atoms with Gasteiger partial charge in [0.1, 0.15) is 34.7 Å². The zero-order chi connectivity index (χ0) is 18.7. The fourth-order valence-electron chi connectivity index (χ4n) is 2.18. The third-order valence-corrected chi connectivity index (χ3v) is 3.40. The lowest BCUT2D eigenvalue weighted by molar-refractivity contribution is 0.101. The van der Waals surface area contributed by atoms with Crippen LogP contribution in [-0.4, -0.2) is 10.9 Å². The lowest BCUT2D eigenvalue weighted by Crippen LogP contribution is -2.16. The third kappa shape index (κ3) is 3.80. The second kappa shape index (κ2) is 7.22. The van der Waals surface area contributed by atoms with E-state index in [4.69, 9.17) is 0 Å². The highest BCUT2D eigenvalue weighted by Gasteiger charge is 2.17. The average Bonchev–Trinajstić information content (AvgIpc) is 2.60. The van der Waals surface area contributed by atoms with Crippen LogP contribution in [0.4, 0.5) is 34.8 Å². The normalized spacial score (nSPS) is 10.5. The summed E-state index contributed by atoms with van der Waals surface area (Å²) in [6, 6.07) is 8.78. The Hall–Kier alpha value is -3.42. The number of amides is 1. The Balaban J connectivity index is 1.74. The van der Waals surface area contributed by atoms with E-state index in [9.17, 15) is 22.4 Å². The van der Waals surface area contributed by atoms with Gasteiger partial charge in [-0.2, -0.15) is 0 Å².